The zero-order valence-electron chi connectivity index (χ0n) is 18.7. The molecule has 1 aliphatic carbocycles. The number of thiophene rings is 1. The summed E-state index contributed by atoms with van der Waals surface area (Å²) < 4.78 is 3.30. The highest BCUT2D eigenvalue weighted by molar-refractivity contribution is 7.10. The number of aromatic nitrogens is 4. The Bertz CT molecular complexity index is 1320. The van der Waals surface area contributed by atoms with E-state index < -0.39 is 5.41 Å². The summed E-state index contributed by atoms with van der Waals surface area (Å²) in [6, 6.07) is 12.2. The number of benzene rings is 1. The van der Waals surface area contributed by atoms with Gasteiger partial charge in [0, 0.05) is 11.4 Å². The molecule has 0 radical (unpaired) electrons. The van der Waals surface area contributed by atoms with Gasteiger partial charge in [-0.3, -0.25) is 14.2 Å². The number of carbonyl (C=O) groups is 1. The molecule has 0 spiro atoms. The Morgan fingerprint density at radius 1 is 1.18 bits per heavy atom. The molecule has 3 heterocycles. The van der Waals surface area contributed by atoms with Crippen molar-refractivity contribution in [3.8, 4) is 0 Å². The third kappa shape index (κ3) is 4.11. The first kappa shape index (κ1) is 21.6. The zero-order chi connectivity index (χ0) is 22.8. The van der Waals surface area contributed by atoms with Crippen molar-refractivity contribution < 1.29 is 4.79 Å². The van der Waals surface area contributed by atoms with Crippen LogP contribution in [0.4, 0.5) is 0 Å². The van der Waals surface area contributed by atoms with Crippen LogP contribution < -0.4 is 10.9 Å². The maximum atomic E-state index is 13.1. The van der Waals surface area contributed by atoms with Crippen LogP contribution in [0.3, 0.4) is 0 Å². The van der Waals surface area contributed by atoms with Crippen LogP contribution in [0.5, 0.6) is 0 Å². The van der Waals surface area contributed by atoms with Gasteiger partial charge < -0.3 is 5.32 Å². The Morgan fingerprint density at radius 2 is 1.97 bits per heavy atom. The van der Waals surface area contributed by atoms with Crippen LogP contribution in [0.25, 0.3) is 11.0 Å². The van der Waals surface area contributed by atoms with Crippen LogP contribution in [0, 0.1) is 6.92 Å². The predicted molar refractivity (Wildman–Crippen MR) is 130 cm³/mol. The molecular formula is C25H27N5O2S. The maximum absolute atomic E-state index is 13.1. The fourth-order valence-electron chi connectivity index (χ4n) is 4.72. The fraction of sp³-hybridized carbons (Fsp3) is 0.360. The fourth-order valence-corrected chi connectivity index (χ4v) is 5.71. The van der Waals surface area contributed by atoms with Crippen molar-refractivity contribution in [3.05, 3.63) is 80.7 Å². The first-order valence-electron chi connectivity index (χ1n) is 11.4. The molecule has 3 aromatic heterocycles. The van der Waals surface area contributed by atoms with Gasteiger partial charge in [-0.15, -0.1) is 11.3 Å². The van der Waals surface area contributed by atoms with E-state index in [1.165, 1.54) is 5.56 Å². The van der Waals surface area contributed by atoms with E-state index in [2.05, 4.69) is 21.5 Å². The largest absolute Gasteiger partial charge is 0.353 e. The van der Waals surface area contributed by atoms with Crippen molar-refractivity contribution in [1.82, 2.24) is 24.6 Å². The second-order valence-corrected chi connectivity index (χ2v) is 9.74. The summed E-state index contributed by atoms with van der Waals surface area (Å²) >= 11 is 1.66. The number of nitrogens with zero attached hydrogens (tertiary/aromatic N) is 4. The Labute approximate surface area is 196 Å². The summed E-state index contributed by atoms with van der Waals surface area (Å²) in [6.45, 7) is 3.41. The second-order valence-electron chi connectivity index (χ2n) is 8.79. The van der Waals surface area contributed by atoms with Gasteiger partial charge in [-0.1, -0.05) is 48.7 Å². The number of rotatable bonds is 7. The summed E-state index contributed by atoms with van der Waals surface area (Å²) in [5, 5.41) is 10.0. The standard InChI is InChI=1S/C25H27N5O2S/c1-18-6-8-19(9-7-18)16-29-17-27-22-20(23(29)31)15-28-30(22)13-12-26-24(32)25(10-2-3-11-25)21-5-4-14-33-21/h4-9,14-15,17H,2-3,10-13,16H2,1H3,(H,26,32). The SMILES string of the molecule is Cc1ccc(Cn2cnc3c(cnn3CCNC(=O)C3(c4cccs4)CCCC3)c2=O)cc1. The van der Waals surface area contributed by atoms with Gasteiger partial charge in [-0.05, 0) is 36.8 Å². The van der Waals surface area contributed by atoms with Crippen LogP contribution in [-0.2, 0) is 23.3 Å². The van der Waals surface area contributed by atoms with Crippen molar-refractivity contribution in [2.75, 3.05) is 6.54 Å². The van der Waals surface area contributed by atoms with Crippen LogP contribution in [0.15, 0.2) is 59.1 Å². The minimum Gasteiger partial charge on any atom is -0.353 e. The molecule has 8 heteroatoms. The van der Waals surface area contributed by atoms with E-state index in [1.54, 1.807) is 33.1 Å². The van der Waals surface area contributed by atoms with Crippen LogP contribution in [0.2, 0.25) is 0 Å². The third-order valence-electron chi connectivity index (χ3n) is 6.59. The Hall–Kier alpha value is -3.26. The monoisotopic (exact) mass is 461 g/mol. The summed E-state index contributed by atoms with van der Waals surface area (Å²) in [6.07, 6.45) is 7.09. The van der Waals surface area contributed by atoms with Crippen LogP contribution in [-0.4, -0.2) is 31.8 Å². The van der Waals surface area contributed by atoms with Crippen LogP contribution in [0.1, 0.15) is 41.7 Å². The molecule has 1 amide bonds. The highest BCUT2D eigenvalue weighted by Crippen LogP contribution is 2.43. The first-order chi connectivity index (χ1) is 16.1. The average molecular weight is 462 g/mol. The molecule has 5 rings (SSSR count). The number of hydrogen-bond donors (Lipinski definition) is 1. The number of aryl methyl sites for hydroxylation is 1. The van der Waals surface area contributed by atoms with Gasteiger partial charge in [0.15, 0.2) is 5.65 Å². The van der Waals surface area contributed by atoms with Gasteiger partial charge in [-0.25, -0.2) is 9.67 Å². The molecular weight excluding hydrogens is 434 g/mol. The molecule has 0 aliphatic heterocycles. The summed E-state index contributed by atoms with van der Waals surface area (Å²) in [4.78, 5) is 31.7. The van der Waals surface area contributed by atoms with E-state index in [0.29, 0.717) is 30.7 Å². The van der Waals surface area contributed by atoms with E-state index >= 15 is 0 Å². The molecule has 33 heavy (non-hydrogen) atoms. The molecule has 1 N–H and O–H groups in total. The highest BCUT2D eigenvalue weighted by atomic mass is 32.1. The topological polar surface area (TPSA) is 81.8 Å². The summed E-state index contributed by atoms with van der Waals surface area (Å²) in [7, 11) is 0. The number of carbonyl (C=O) groups excluding carboxylic acids is 1. The molecule has 1 fully saturated rings. The zero-order valence-corrected chi connectivity index (χ0v) is 19.5. The van der Waals surface area contributed by atoms with E-state index in [-0.39, 0.29) is 11.5 Å². The van der Waals surface area contributed by atoms with Gasteiger partial charge in [0.05, 0.1) is 24.7 Å². The smallest absolute Gasteiger partial charge is 0.264 e. The lowest BCUT2D eigenvalue weighted by Crippen LogP contribution is -2.43. The number of amides is 1. The Morgan fingerprint density at radius 3 is 2.70 bits per heavy atom. The number of fused-ring (bicyclic) bond motifs is 1. The molecule has 1 saturated carbocycles. The molecule has 4 aromatic rings. The first-order valence-corrected chi connectivity index (χ1v) is 12.2. The van der Waals surface area contributed by atoms with Gasteiger partial charge >= 0.3 is 0 Å². The van der Waals surface area contributed by atoms with E-state index in [1.807, 2.05) is 42.6 Å². The van der Waals surface area contributed by atoms with Crippen LogP contribution >= 0.6 is 11.3 Å². The van der Waals surface area contributed by atoms with Gasteiger partial charge in [0.1, 0.15) is 11.7 Å². The second kappa shape index (κ2) is 8.94. The lowest BCUT2D eigenvalue weighted by atomic mass is 9.83. The minimum absolute atomic E-state index is 0.0901. The van der Waals surface area contributed by atoms with Gasteiger partial charge in [0.25, 0.3) is 5.56 Å². The van der Waals surface area contributed by atoms with E-state index in [9.17, 15) is 9.59 Å². The molecule has 0 saturated heterocycles. The number of nitrogens with one attached hydrogen (secondary N) is 1. The lowest BCUT2D eigenvalue weighted by Gasteiger charge is -2.26. The van der Waals surface area contributed by atoms with Crippen molar-refractivity contribution >= 4 is 28.3 Å². The van der Waals surface area contributed by atoms with E-state index in [4.69, 9.17) is 0 Å². The molecule has 0 atom stereocenters. The average Bonchev–Trinajstić information content (AvgIpc) is 3.58. The molecule has 0 unspecified atom stereocenters. The maximum Gasteiger partial charge on any atom is 0.264 e. The molecule has 0 bridgehead atoms. The van der Waals surface area contributed by atoms with Crippen molar-refractivity contribution in [1.29, 1.82) is 0 Å². The van der Waals surface area contributed by atoms with Crippen molar-refractivity contribution in [3.63, 3.8) is 0 Å². The Balaban J connectivity index is 1.28. The van der Waals surface area contributed by atoms with Gasteiger partial charge in [0.2, 0.25) is 5.91 Å². The Kier molecular flexibility index (Phi) is 5.85. The highest BCUT2D eigenvalue weighted by Gasteiger charge is 2.43. The summed E-state index contributed by atoms with van der Waals surface area (Å²) in [5.41, 5.74) is 2.26. The molecule has 1 aliphatic rings. The molecule has 170 valence electrons. The van der Waals surface area contributed by atoms with Crippen molar-refractivity contribution in [2.45, 2.75) is 51.1 Å². The normalized spacial score (nSPS) is 15.2. The third-order valence-corrected chi connectivity index (χ3v) is 7.66. The van der Waals surface area contributed by atoms with Gasteiger partial charge in [-0.2, -0.15) is 5.10 Å². The molecule has 1 aromatic carbocycles. The number of hydrogen-bond acceptors (Lipinski definition) is 5. The quantitative estimate of drug-likeness (QED) is 0.456. The molecule has 7 nitrogen and oxygen atoms in total. The van der Waals surface area contributed by atoms with E-state index in [0.717, 1.165) is 36.1 Å². The van der Waals surface area contributed by atoms with Crippen molar-refractivity contribution in [2.24, 2.45) is 0 Å². The lowest BCUT2D eigenvalue weighted by molar-refractivity contribution is -0.126. The minimum atomic E-state index is -0.400. The predicted octanol–water partition coefficient (Wildman–Crippen LogP) is 3.64. The summed E-state index contributed by atoms with van der Waals surface area (Å²) in [5.74, 6) is 0.0901.